The molecule has 1 aromatic carbocycles. The van der Waals surface area contributed by atoms with E-state index in [9.17, 15) is 22.3 Å². The van der Waals surface area contributed by atoms with Gasteiger partial charge in [-0.1, -0.05) is 6.07 Å². The minimum atomic E-state index is -4.75. The van der Waals surface area contributed by atoms with E-state index in [1.54, 1.807) is 4.72 Å². The first kappa shape index (κ1) is 12.2. The maximum atomic E-state index is 12.0. The topological polar surface area (TPSA) is 66.4 Å². The zero-order valence-corrected chi connectivity index (χ0v) is 9.52. The van der Waals surface area contributed by atoms with Gasteiger partial charge in [0.2, 0.25) is 0 Å². The van der Waals surface area contributed by atoms with Gasteiger partial charge in [-0.3, -0.25) is 4.72 Å². The summed E-state index contributed by atoms with van der Waals surface area (Å²) < 4.78 is 47.3. The second-order valence-electron chi connectivity index (χ2n) is 2.54. The largest absolute Gasteiger partial charge is 0.505 e. The van der Waals surface area contributed by atoms with E-state index in [4.69, 9.17) is 0 Å². The number of phenolic OH excluding ortho intramolecular Hbond substituents is 1. The Morgan fingerprint density at radius 2 is 2.00 bits per heavy atom. The Morgan fingerprint density at radius 1 is 1.40 bits per heavy atom. The molecule has 0 saturated heterocycles. The molecule has 1 aromatic rings. The third-order valence-corrected chi connectivity index (χ3v) is 3.09. The molecule has 0 atom stereocenters. The summed E-state index contributed by atoms with van der Waals surface area (Å²) in [4.78, 5) is 0. The number of alkyl halides is 2. The maximum Gasteiger partial charge on any atom is 0.355 e. The summed E-state index contributed by atoms with van der Waals surface area (Å²) in [6.07, 6.45) is 0. The monoisotopic (exact) mass is 301 g/mol. The van der Waals surface area contributed by atoms with Gasteiger partial charge in [0.25, 0.3) is 10.0 Å². The van der Waals surface area contributed by atoms with Crippen molar-refractivity contribution in [2.75, 3.05) is 4.72 Å². The first-order chi connectivity index (χ1) is 6.84. The highest BCUT2D eigenvalue weighted by Gasteiger charge is 2.24. The lowest BCUT2D eigenvalue weighted by atomic mass is 10.3. The highest BCUT2D eigenvalue weighted by atomic mass is 79.9. The Labute approximate surface area is 93.1 Å². The number of anilines is 1. The second-order valence-corrected chi connectivity index (χ2v) is 5.05. The fourth-order valence-corrected chi connectivity index (χ4v) is 1.72. The fourth-order valence-electron chi connectivity index (χ4n) is 0.796. The van der Waals surface area contributed by atoms with Crippen molar-refractivity contribution in [1.82, 2.24) is 0 Å². The molecule has 1 rings (SSSR count). The van der Waals surface area contributed by atoms with Crippen molar-refractivity contribution in [2.24, 2.45) is 0 Å². The number of halogens is 3. The van der Waals surface area contributed by atoms with Crippen LogP contribution in [0, 0.1) is 0 Å². The average Bonchev–Trinajstić information content (AvgIpc) is 2.12. The van der Waals surface area contributed by atoms with Crippen LogP contribution in [0.15, 0.2) is 22.7 Å². The molecule has 2 N–H and O–H groups in total. The third kappa shape index (κ3) is 2.78. The van der Waals surface area contributed by atoms with Crippen LogP contribution in [0.25, 0.3) is 0 Å². The van der Waals surface area contributed by atoms with Gasteiger partial charge in [0.15, 0.2) is 5.75 Å². The summed E-state index contributed by atoms with van der Waals surface area (Å²) in [7, 11) is -4.75. The molecular weight excluding hydrogens is 296 g/mol. The Balaban J connectivity index is 3.06. The van der Waals surface area contributed by atoms with E-state index in [0.29, 0.717) is 0 Å². The van der Waals surface area contributed by atoms with Gasteiger partial charge < -0.3 is 5.11 Å². The standard InChI is InChI=1S/C7H6BrF2NO3S/c8-4-2-1-3-5(6(4)12)11-15(13,14)7(9)10/h1-3,7,11-12H. The van der Waals surface area contributed by atoms with Crippen molar-refractivity contribution in [1.29, 1.82) is 0 Å². The molecule has 8 heteroatoms. The lowest BCUT2D eigenvalue weighted by molar-refractivity contribution is 0.236. The molecule has 0 fully saturated rings. The average molecular weight is 302 g/mol. The maximum absolute atomic E-state index is 12.0. The molecule has 0 amide bonds. The molecule has 0 saturated carbocycles. The Morgan fingerprint density at radius 3 is 2.53 bits per heavy atom. The van der Waals surface area contributed by atoms with Crippen molar-refractivity contribution >= 4 is 31.6 Å². The molecule has 0 aliphatic rings. The highest BCUT2D eigenvalue weighted by Crippen LogP contribution is 2.32. The molecular formula is C7H6BrF2NO3S. The first-order valence-corrected chi connectivity index (χ1v) is 5.96. The predicted molar refractivity (Wildman–Crippen MR) is 54.4 cm³/mol. The van der Waals surface area contributed by atoms with E-state index in [-0.39, 0.29) is 10.2 Å². The highest BCUT2D eigenvalue weighted by molar-refractivity contribution is 9.10. The number of para-hydroxylation sites is 1. The second kappa shape index (κ2) is 4.31. The summed E-state index contributed by atoms with van der Waals surface area (Å²) in [6, 6.07) is 4.00. The van der Waals surface area contributed by atoms with Gasteiger partial charge in [-0.15, -0.1) is 0 Å². The number of sulfonamides is 1. The Bertz CT molecular complexity index is 463. The van der Waals surface area contributed by atoms with E-state index < -0.39 is 21.5 Å². The summed E-state index contributed by atoms with van der Waals surface area (Å²) in [6.45, 7) is 0. The molecule has 0 unspecified atom stereocenters. The summed E-state index contributed by atoms with van der Waals surface area (Å²) in [5.74, 6) is -3.99. The van der Waals surface area contributed by atoms with Crippen LogP contribution in [0.5, 0.6) is 5.75 Å². The van der Waals surface area contributed by atoms with Crippen LogP contribution in [-0.2, 0) is 10.0 Å². The van der Waals surface area contributed by atoms with Gasteiger partial charge in [0.1, 0.15) is 0 Å². The van der Waals surface area contributed by atoms with Gasteiger partial charge in [-0.2, -0.15) is 8.78 Å². The number of aromatic hydroxyl groups is 1. The Hall–Kier alpha value is -0.890. The number of rotatable bonds is 3. The van der Waals surface area contributed by atoms with Crippen LogP contribution in [0.4, 0.5) is 14.5 Å². The van der Waals surface area contributed by atoms with Gasteiger partial charge in [0, 0.05) is 0 Å². The minimum Gasteiger partial charge on any atom is -0.505 e. The summed E-state index contributed by atoms with van der Waals surface area (Å²) in [5.41, 5.74) is -0.301. The lowest BCUT2D eigenvalue weighted by Crippen LogP contribution is -2.20. The van der Waals surface area contributed by atoms with Crippen LogP contribution in [-0.4, -0.2) is 19.3 Å². The van der Waals surface area contributed by atoms with E-state index in [1.807, 2.05) is 0 Å². The van der Waals surface area contributed by atoms with Crippen LogP contribution < -0.4 is 4.72 Å². The fraction of sp³-hybridized carbons (Fsp3) is 0.143. The summed E-state index contributed by atoms with van der Waals surface area (Å²) in [5, 5.41) is 9.32. The van der Waals surface area contributed by atoms with Crippen LogP contribution in [0.3, 0.4) is 0 Å². The van der Waals surface area contributed by atoms with Crippen LogP contribution in [0.2, 0.25) is 0 Å². The van der Waals surface area contributed by atoms with E-state index in [2.05, 4.69) is 15.9 Å². The zero-order chi connectivity index (χ0) is 11.6. The molecule has 4 nitrogen and oxygen atoms in total. The van der Waals surface area contributed by atoms with Gasteiger partial charge in [-0.25, -0.2) is 8.42 Å². The first-order valence-electron chi connectivity index (χ1n) is 3.62. The molecule has 0 aliphatic heterocycles. The van der Waals surface area contributed by atoms with Gasteiger partial charge in [-0.05, 0) is 28.1 Å². The molecule has 15 heavy (non-hydrogen) atoms. The lowest BCUT2D eigenvalue weighted by Gasteiger charge is -2.09. The van der Waals surface area contributed by atoms with Crippen molar-refractivity contribution in [2.45, 2.75) is 5.76 Å². The normalized spacial score (nSPS) is 11.7. The minimum absolute atomic E-state index is 0.206. The molecule has 0 spiro atoms. The number of phenols is 1. The number of hydrogen-bond acceptors (Lipinski definition) is 3. The molecule has 0 heterocycles. The number of hydrogen-bond donors (Lipinski definition) is 2. The third-order valence-electron chi connectivity index (χ3n) is 1.47. The van der Waals surface area contributed by atoms with Gasteiger partial charge >= 0.3 is 5.76 Å². The SMILES string of the molecule is O=S(=O)(Nc1cccc(Br)c1O)C(F)F. The zero-order valence-electron chi connectivity index (χ0n) is 7.12. The number of benzene rings is 1. The smallest absolute Gasteiger partial charge is 0.355 e. The molecule has 84 valence electrons. The Kier molecular flexibility index (Phi) is 3.50. The van der Waals surface area contributed by atoms with Crippen molar-refractivity contribution < 1.29 is 22.3 Å². The van der Waals surface area contributed by atoms with Crippen molar-refractivity contribution in [3.05, 3.63) is 22.7 Å². The van der Waals surface area contributed by atoms with Gasteiger partial charge in [0.05, 0.1) is 10.2 Å². The molecule has 0 aromatic heterocycles. The quantitative estimate of drug-likeness (QED) is 0.841. The van der Waals surface area contributed by atoms with E-state index in [0.717, 1.165) is 0 Å². The van der Waals surface area contributed by atoms with Crippen molar-refractivity contribution in [3.63, 3.8) is 0 Å². The van der Waals surface area contributed by atoms with Crippen LogP contribution in [0.1, 0.15) is 0 Å². The number of nitrogens with one attached hydrogen (secondary N) is 1. The predicted octanol–water partition coefficient (Wildman–Crippen LogP) is 2.12. The van der Waals surface area contributed by atoms with Crippen LogP contribution >= 0.6 is 15.9 Å². The summed E-state index contributed by atoms with van der Waals surface area (Å²) >= 11 is 2.92. The molecule has 0 aliphatic carbocycles. The van der Waals surface area contributed by atoms with E-state index >= 15 is 0 Å². The molecule has 0 radical (unpaired) electrons. The molecule has 0 bridgehead atoms. The van der Waals surface area contributed by atoms with E-state index in [1.165, 1.54) is 18.2 Å². The van der Waals surface area contributed by atoms with Crippen molar-refractivity contribution in [3.8, 4) is 5.75 Å².